The molecular weight excluding hydrogens is 1450 g/mol. The zero-order valence-electron chi connectivity index (χ0n) is 57.2. The molecule has 0 radical (unpaired) electrons. The van der Waals surface area contributed by atoms with E-state index >= 15 is 0 Å². The minimum Gasteiger partial charge on any atom is -0.390 e. The van der Waals surface area contributed by atoms with Crippen LogP contribution in [0.25, 0.3) is 0 Å². The molecule has 0 aliphatic heterocycles. The molecule has 17 atom stereocenters. The second kappa shape index (κ2) is 36.2. The Balaban J connectivity index is 0.000000178. The molecule has 578 valence electrons. The van der Waals surface area contributed by atoms with Crippen molar-refractivity contribution in [2.75, 3.05) is 65.3 Å². The summed E-state index contributed by atoms with van der Waals surface area (Å²) in [5.41, 5.74) is 8.62. The lowest BCUT2D eigenvalue weighted by atomic mass is 9.86. The summed E-state index contributed by atoms with van der Waals surface area (Å²) in [5, 5.41) is 116. The van der Waals surface area contributed by atoms with Gasteiger partial charge in [-0.05, 0) is 98.4 Å². The molecule has 6 aliphatic carbocycles. The number of nitrogen functional groups attached to an aromatic ring is 1. The number of carbonyl (C=O) groups excluding carboxylic acids is 1. The highest BCUT2D eigenvalue weighted by atomic mass is 32.2. The van der Waals surface area contributed by atoms with E-state index in [4.69, 9.17) is 26.3 Å². The summed E-state index contributed by atoms with van der Waals surface area (Å²) < 4.78 is 105. The van der Waals surface area contributed by atoms with E-state index in [-0.39, 0.29) is 75.2 Å². The number of aliphatic hydroxyl groups is 8. The molecule has 1 aromatic carbocycles. The number of aromatic nitrogens is 7. The number of hydrogen-bond donors (Lipinski definition) is 18. The third kappa shape index (κ3) is 24.9. The van der Waals surface area contributed by atoms with Crippen LogP contribution in [-0.2, 0) is 63.4 Å². The molecule has 5 aromatic rings. The molecule has 5 saturated carbocycles. The third-order valence-electron chi connectivity index (χ3n) is 19.1. The lowest BCUT2D eigenvalue weighted by molar-refractivity contribution is -0.00374. The second-order valence-corrected chi connectivity index (χ2v) is 32.3. The smallest absolute Gasteiger partial charge is 0.333 e. The Kier molecular flexibility index (Phi) is 28.9. The summed E-state index contributed by atoms with van der Waals surface area (Å²) in [6, 6.07) is 15.0. The summed E-state index contributed by atoms with van der Waals surface area (Å²) in [4.78, 5) is 41.2. The fourth-order valence-corrected chi connectivity index (χ4v) is 15.3. The fourth-order valence-electron chi connectivity index (χ4n) is 13.9. The number of rotatable bonds is 26. The summed E-state index contributed by atoms with van der Waals surface area (Å²) >= 11 is 0. The molecule has 23 N–H and O–H groups in total. The third-order valence-corrected chi connectivity index (χ3v) is 21.0. The van der Waals surface area contributed by atoms with E-state index in [9.17, 15) is 79.3 Å². The molecule has 0 unspecified atom stereocenters. The molecule has 0 spiro atoms. The first-order chi connectivity index (χ1) is 48.8. The average Bonchev–Trinajstić information content (AvgIpc) is 1.63. The Labute approximate surface area is 603 Å². The molecule has 0 amide bonds. The lowest BCUT2D eigenvalue weighted by Crippen LogP contribution is -2.36. The number of aryl methyl sites for hydroxylation is 1. The Bertz CT molecular complexity index is 4090. The maximum absolute atomic E-state index is 12.1. The number of pyridine rings is 1. The quantitative estimate of drug-likeness (QED) is 0.0283. The van der Waals surface area contributed by atoms with Crippen LogP contribution in [-0.4, -0.2) is 215 Å². The minimum atomic E-state index is -4.12. The van der Waals surface area contributed by atoms with Crippen molar-refractivity contribution in [3.8, 4) is 0 Å². The fraction of sp³-hybridized carbons (Fsp3) is 0.613. The van der Waals surface area contributed by atoms with Crippen molar-refractivity contribution in [3.05, 3.63) is 102 Å². The number of benzene rings is 1. The number of aliphatic hydroxyl groups excluding tert-OH is 8. The van der Waals surface area contributed by atoms with Crippen molar-refractivity contribution in [3.63, 3.8) is 0 Å². The van der Waals surface area contributed by atoms with Crippen molar-refractivity contribution >= 4 is 82.0 Å². The number of nitrogens with one attached hydrogen (secondary N) is 5. The van der Waals surface area contributed by atoms with E-state index in [1.807, 2.05) is 12.1 Å². The summed E-state index contributed by atoms with van der Waals surface area (Å²) in [6.45, 7) is 5.76. The van der Waals surface area contributed by atoms with Crippen LogP contribution in [0.5, 0.6) is 0 Å². The van der Waals surface area contributed by atoms with E-state index in [1.165, 1.54) is 61.8 Å². The Morgan fingerprint density at radius 3 is 1.55 bits per heavy atom. The van der Waals surface area contributed by atoms with E-state index in [0.29, 0.717) is 52.9 Å². The molecule has 11 rings (SSSR count). The topological polar surface area (TPSA) is 633 Å². The van der Waals surface area contributed by atoms with Crippen LogP contribution in [0.15, 0.2) is 79.5 Å². The summed E-state index contributed by atoms with van der Waals surface area (Å²) in [5.74, 6) is 0.972. The van der Waals surface area contributed by atoms with Crippen LogP contribution >= 0.6 is 0 Å². The van der Waals surface area contributed by atoms with Crippen LogP contribution < -0.4 is 52.9 Å². The first-order valence-electron chi connectivity index (χ1n) is 33.5. The van der Waals surface area contributed by atoms with Crippen molar-refractivity contribution in [1.82, 2.24) is 34.9 Å². The number of ketones is 1. The number of nitrogens with zero attached hydrogens (tertiary/aromatic N) is 7. The number of nitrogens with two attached hydrogens (primary N) is 5. The first-order valence-corrected chi connectivity index (χ1v) is 39.4. The van der Waals surface area contributed by atoms with E-state index in [0.717, 1.165) is 13.0 Å². The van der Waals surface area contributed by atoms with Gasteiger partial charge >= 0.3 is 41.2 Å². The van der Waals surface area contributed by atoms with Gasteiger partial charge in [-0.2, -0.15) is 38.7 Å². The molecule has 42 heteroatoms. The van der Waals surface area contributed by atoms with Crippen LogP contribution in [0.3, 0.4) is 0 Å². The predicted octanol–water partition coefficient (Wildman–Crippen LogP) is -1.39. The number of anilines is 6. The van der Waals surface area contributed by atoms with Gasteiger partial charge < -0.3 is 73.2 Å². The largest absolute Gasteiger partial charge is 0.390 e. The average molecular weight is 1540 g/mol. The van der Waals surface area contributed by atoms with Gasteiger partial charge in [0.15, 0.2) is 5.78 Å². The normalized spacial score (nSPS) is 28.9. The maximum atomic E-state index is 12.1. The van der Waals surface area contributed by atoms with Crippen LogP contribution in [0.4, 0.5) is 35.0 Å². The first kappa shape index (κ1) is 82.9. The molecular formula is C62H95N17O21S4. The van der Waals surface area contributed by atoms with Crippen LogP contribution in [0.1, 0.15) is 118 Å². The van der Waals surface area contributed by atoms with E-state index in [2.05, 4.69) is 104 Å². The number of Topliss-reactive ketones (excluding diaryl/α,β-unsaturated/α-hetero) is 1. The SMILES string of the molecule is CC1(C)C[C@H](Nc2nccc(N[C@@H]3C[C@H](COS(N)(=O)=O)[C@@H](O)[C@H]3O)n2)c2ccccc21.Cc1nc(N)cc(N[C@@H]2C[C@H](COS(N)(=O)=O)[C@@H](O)[C@H]2O)n1.NS(=O)(=O)OC[C@H]1C[C@@H](CC(=O)c2cccnc2)[C@H](O)[C@@H]1O.NS(=O)(=O)OC[C@H]1C[C@@H](Nc2cc(NCC3CCCCC3)ncn2)[C@H](O)[C@@H]1O. The summed E-state index contributed by atoms with van der Waals surface area (Å²) in [6.07, 6.45) is 5.48. The number of hydrogen-bond acceptors (Lipinski definition) is 34. The molecule has 38 nitrogen and oxygen atoms in total. The van der Waals surface area contributed by atoms with Gasteiger partial charge in [0.1, 0.15) is 59.6 Å². The van der Waals surface area contributed by atoms with Gasteiger partial charge in [0.05, 0.1) is 81.1 Å². The van der Waals surface area contributed by atoms with E-state index in [1.54, 1.807) is 43.6 Å². The zero-order chi connectivity index (χ0) is 76.1. The van der Waals surface area contributed by atoms with Gasteiger partial charge in [0.2, 0.25) is 5.95 Å². The Morgan fingerprint density at radius 2 is 1.03 bits per heavy atom. The molecule has 6 aliphatic rings. The van der Waals surface area contributed by atoms with Crippen molar-refractivity contribution in [2.45, 2.75) is 170 Å². The predicted molar refractivity (Wildman–Crippen MR) is 376 cm³/mol. The van der Waals surface area contributed by atoms with Gasteiger partial charge in [-0.15, -0.1) is 0 Å². The highest BCUT2D eigenvalue weighted by Crippen LogP contribution is 2.46. The van der Waals surface area contributed by atoms with Gasteiger partial charge in [-0.1, -0.05) is 57.4 Å². The maximum Gasteiger partial charge on any atom is 0.333 e. The molecule has 4 aromatic heterocycles. The Hall–Kier alpha value is -6.76. The molecule has 0 bridgehead atoms. The van der Waals surface area contributed by atoms with Crippen molar-refractivity contribution in [1.29, 1.82) is 0 Å². The minimum absolute atomic E-state index is 0.0375. The Morgan fingerprint density at radius 1 is 0.538 bits per heavy atom. The number of fused-ring (bicyclic) bond motifs is 1. The highest BCUT2D eigenvalue weighted by Gasteiger charge is 2.46. The van der Waals surface area contributed by atoms with Gasteiger partial charge in [0.25, 0.3) is 0 Å². The van der Waals surface area contributed by atoms with Crippen molar-refractivity contribution in [2.24, 2.45) is 56.1 Å². The van der Waals surface area contributed by atoms with Gasteiger partial charge in [0, 0.05) is 72.9 Å². The van der Waals surface area contributed by atoms with Gasteiger partial charge in [-0.3, -0.25) is 26.5 Å². The highest BCUT2D eigenvalue weighted by molar-refractivity contribution is 7.85. The zero-order valence-corrected chi connectivity index (χ0v) is 60.5. The number of carbonyl (C=O) groups is 1. The molecule has 4 heterocycles. The van der Waals surface area contributed by atoms with Crippen molar-refractivity contribution < 1.29 is 96.1 Å². The second-order valence-electron chi connectivity index (χ2n) is 27.4. The lowest BCUT2D eigenvalue weighted by Gasteiger charge is -2.22. The standard InChI is InChI=1S/C21H29N5O5S.C17H29N5O5S.C13H18N2O6S.C11H19N5O5S/c1-21(2)10-16(13-5-3-4-6-14(13)21)25-20-23-8-7-17(26-20)24-15-9-12(18(27)19(15)28)11-31-32(22,29)30;18-28(25,26)27-9-12-6-13(17(24)16(12)23)22-15-7-14(20-10-21-15)19-8-11-4-2-1-3-5-11;14-22(19,20)21-7-10-4-9(12(17)13(10)18)5-11(16)8-2-1-3-15-6-8;1-5-14-8(12)3-9(15-5)16-7-2-6(10(17)11(7)18)4-21-22(13,19)20/h3-8,12,15-16,18-19,27-28H,9-11H2,1-2H3,(H2,22,29,30)(H2,23,24,25,26);7,10-13,16-17,23-24H,1-6,8-9H2,(H2,18,25,26)(H2,19,20,21,22);1-3,6,9-10,12-13,17-18H,4-5,7H2,(H2,14,19,20);3,6-7,10-11,17-18H,2,4H2,1H3,(H2,13,19,20)(H3,12,14,15,16)/t12-,15-,16+,18-,19+;12-,13-,16-,17+;9-,10+,12-,13+;6-,7-,10-,11+/m1101/s1. The summed E-state index contributed by atoms with van der Waals surface area (Å²) in [7, 11) is -16.4. The molecule has 5 fully saturated rings. The molecule has 0 saturated heterocycles. The van der Waals surface area contributed by atoms with Crippen LogP contribution in [0.2, 0.25) is 0 Å². The monoisotopic (exact) mass is 1540 g/mol. The van der Waals surface area contributed by atoms with Crippen LogP contribution in [0, 0.1) is 42.4 Å². The van der Waals surface area contributed by atoms with E-state index < -0.39 is 138 Å². The van der Waals surface area contributed by atoms with Gasteiger partial charge in [-0.25, -0.2) is 45.5 Å². The molecule has 104 heavy (non-hydrogen) atoms.